The van der Waals surface area contributed by atoms with Crippen molar-refractivity contribution in [3.63, 3.8) is 0 Å². The zero-order valence-corrected chi connectivity index (χ0v) is 35.8. The van der Waals surface area contributed by atoms with E-state index in [0.29, 0.717) is 12.8 Å². The Hall–Kier alpha value is -1.81. The van der Waals surface area contributed by atoms with Gasteiger partial charge in [0.15, 0.2) is 0 Å². The van der Waals surface area contributed by atoms with E-state index >= 15 is 0 Å². The van der Waals surface area contributed by atoms with Crippen LogP contribution in [0.1, 0.15) is 194 Å². The highest BCUT2D eigenvalue weighted by Crippen LogP contribution is 2.43. The lowest BCUT2D eigenvalue weighted by Crippen LogP contribution is -2.28. The van der Waals surface area contributed by atoms with Crippen molar-refractivity contribution in [1.29, 1.82) is 0 Å². The van der Waals surface area contributed by atoms with Gasteiger partial charge in [-0.05, 0) is 64.2 Å². The van der Waals surface area contributed by atoms with E-state index in [1.165, 1.54) is 83.5 Å². The second-order valence-electron chi connectivity index (χ2n) is 14.7. The maximum Gasteiger partial charge on any atom is 0.472 e. The smallest absolute Gasteiger partial charge is 0.457 e. The van der Waals surface area contributed by atoms with Crippen LogP contribution in [0.15, 0.2) is 36.5 Å². The first kappa shape index (κ1) is 53.2. The first-order valence-electron chi connectivity index (χ1n) is 21.9. The summed E-state index contributed by atoms with van der Waals surface area (Å²) < 4.78 is 32.5. The van der Waals surface area contributed by atoms with Gasteiger partial charge in [0.2, 0.25) is 0 Å². The Bertz CT molecular complexity index is 1010. The van der Waals surface area contributed by atoms with Crippen LogP contribution in [-0.2, 0) is 32.7 Å². The van der Waals surface area contributed by atoms with Crippen molar-refractivity contribution in [3.8, 4) is 0 Å². The normalized spacial score (nSPS) is 14.2. The highest BCUT2D eigenvalue weighted by molar-refractivity contribution is 7.47. The van der Waals surface area contributed by atoms with Crippen LogP contribution >= 0.6 is 7.82 Å². The molecule has 0 rings (SSSR count). The van der Waals surface area contributed by atoms with E-state index in [1.807, 2.05) is 0 Å². The number of allylic oxidation sites excluding steroid dienone is 6. The van der Waals surface area contributed by atoms with Gasteiger partial charge in [0.05, 0.1) is 26.4 Å². The van der Waals surface area contributed by atoms with E-state index in [1.54, 1.807) is 0 Å². The van der Waals surface area contributed by atoms with Gasteiger partial charge in [0, 0.05) is 12.8 Å². The van der Waals surface area contributed by atoms with E-state index in [-0.39, 0.29) is 12.8 Å². The molecule has 0 spiro atoms. The van der Waals surface area contributed by atoms with E-state index < -0.39 is 58.4 Å². The Balaban J connectivity index is 3.89. The monoisotopic (exact) mass is 801 g/mol. The predicted molar refractivity (Wildman–Crippen MR) is 224 cm³/mol. The number of unbranched alkanes of at least 4 members (excludes halogenated alkanes) is 21. The number of ether oxygens (including phenoxy) is 2. The average molecular weight is 801 g/mol. The van der Waals surface area contributed by atoms with E-state index in [2.05, 4.69) is 50.3 Å². The van der Waals surface area contributed by atoms with Gasteiger partial charge in [-0.25, -0.2) is 4.57 Å². The van der Waals surface area contributed by atoms with Crippen LogP contribution in [0.5, 0.6) is 0 Å². The Morgan fingerprint density at radius 3 is 1.20 bits per heavy atom. The van der Waals surface area contributed by atoms with Crippen molar-refractivity contribution < 1.29 is 47.8 Å². The summed E-state index contributed by atoms with van der Waals surface area (Å²) in [5, 5.41) is 19.1. The quantitative estimate of drug-likeness (QED) is 0.0236. The zero-order valence-electron chi connectivity index (χ0n) is 34.9. The summed E-state index contributed by atoms with van der Waals surface area (Å²) in [5.41, 5.74) is 0. The molecule has 55 heavy (non-hydrogen) atoms. The third-order valence-corrected chi connectivity index (χ3v) is 10.3. The largest absolute Gasteiger partial charge is 0.472 e. The number of hydrogen-bond donors (Lipinski definition) is 3. The fourth-order valence-electron chi connectivity index (χ4n) is 5.89. The van der Waals surface area contributed by atoms with Crippen LogP contribution in [0.25, 0.3) is 0 Å². The lowest BCUT2D eigenvalue weighted by Gasteiger charge is -2.20. The Kier molecular flexibility index (Phi) is 39.1. The molecule has 3 atom stereocenters. The fourth-order valence-corrected chi connectivity index (χ4v) is 6.67. The molecule has 0 saturated carbocycles. The highest BCUT2D eigenvalue weighted by Gasteiger charge is 2.27. The van der Waals surface area contributed by atoms with Crippen molar-refractivity contribution in [2.75, 3.05) is 26.4 Å². The molecule has 0 aliphatic carbocycles. The summed E-state index contributed by atoms with van der Waals surface area (Å²) in [7, 11) is -4.64. The number of rotatable bonds is 41. The minimum absolute atomic E-state index is 0.181. The Labute approximate surface area is 335 Å². The number of esters is 2. The lowest BCUT2D eigenvalue weighted by atomic mass is 10.1. The molecule has 0 bridgehead atoms. The van der Waals surface area contributed by atoms with Crippen LogP contribution < -0.4 is 0 Å². The van der Waals surface area contributed by atoms with Crippen LogP contribution in [0.3, 0.4) is 0 Å². The topological polar surface area (TPSA) is 149 Å². The molecule has 0 heterocycles. The molecule has 0 aromatic heterocycles. The molecule has 0 radical (unpaired) electrons. The summed E-state index contributed by atoms with van der Waals surface area (Å²) in [5.74, 6) is -1.03. The molecule has 0 aliphatic heterocycles. The van der Waals surface area contributed by atoms with Crippen LogP contribution in [0.4, 0.5) is 0 Å². The molecule has 0 amide bonds. The van der Waals surface area contributed by atoms with Crippen molar-refractivity contribution in [3.05, 3.63) is 36.5 Å². The Morgan fingerprint density at radius 1 is 0.491 bits per heavy atom. The van der Waals surface area contributed by atoms with Gasteiger partial charge in [-0.1, -0.05) is 153 Å². The second-order valence-corrected chi connectivity index (χ2v) is 16.1. The predicted octanol–water partition coefficient (Wildman–Crippen LogP) is 11.6. The fraction of sp³-hybridized carbons (Fsp3) is 0.818. The molecule has 0 aromatic rings. The van der Waals surface area contributed by atoms with Gasteiger partial charge in [-0.15, -0.1) is 0 Å². The van der Waals surface area contributed by atoms with E-state index in [9.17, 15) is 29.3 Å². The molecule has 322 valence electrons. The summed E-state index contributed by atoms with van der Waals surface area (Å²) >= 11 is 0. The van der Waals surface area contributed by atoms with Crippen molar-refractivity contribution in [2.45, 2.75) is 206 Å². The Morgan fingerprint density at radius 2 is 0.818 bits per heavy atom. The first-order chi connectivity index (χ1) is 26.8. The first-order valence-corrected chi connectivity index (χ1v) is 23.4. The third kappa shape index (κ3) is 38.8. The van der Waals surface area contributed by atoms with Crippen LogP contribution in [-0.4, -0.2) is 65.7 Å². The minimum Gasteiger partial charge on any atom is -0.457 e. The molecule has 0 fully saturated rings. The van der Waals surface area contributed by atoms with Gasteiger partial charge in [-0.3, -0.25) is 18.6 Å². The van der Waals surface area contributed by atoms with Crippen molar-refractivity contribution >= 4 is 19.8 Å². The third-order valence-electron chi connectivity index (χ3n) is 9.32. The number of aliphatic hydroxyl groups excluding tert-OH is 2. The van der Waals surface area contributed by atoms with Gasteiger partial charge < -0.3 is 24.6 Å². The molecule has 0 aliphatic rings. The number of phosphoric ester groups is 1. The summed E-state index contributed by atoms with van der Waals surface area (Å²) in [4.78, 5) is 34.5. The maximum atomic E-state index is 12.3. The summed E-state index contributed by atoms with van der Waals surface area (Å²) in [6, 6.07) is 0. The molecule has 0 saturated heterocycles. The van der Waals surface area contributed by atoms with Crippen LogP contribution in [0, 0.1) is 0 Å². The van der Waals surface area contributed by atoms with Gasteiger partial charge >= 0.3 is 19.8 Å². The van der Waals surface area contributed by atoms with Crippen molar-refractivity contribution in [2.24, 2.45) is 0 Å². The summed E-state index contributed by atoms with van der Waals surface area (Å²) in [6.45, 7) is 2.14. The molecule has 11 heteroatoms. The van der Waals surface area contributed by atoms with Crippen molar-refractivity contribution in [1.82, 2.24) is 0 Å². The zero-order chi connectivity index (χ0) is 40.5. The van der Waals surface area contributed by atoms with Gasteiger partial charge in [-0.2, -0.15) is 0 Å². The van der Waals surface area contributed by atoms with E-state index in [4.69, 9.17) is 18.5 Å². The van der Waals surface area contributed by atoms with Gasteiger partial charge in [0.1, 0.15) is 12.2 Å². The molecular weight excluding hydrogens is 719 g/mol. The number of carbonyl (C=O) groups excluding carboxylic acids is 2. The standard InChI is InChI=1S/C44H81O10P/c1-3-5-7-9-11-13-15-16-17-18-19-20-21-22-23-24-26-28-30-32-34-36-44(48)54-42(38-46)40-52-55(49,50)51-39-41(37-45)53-43(47)35-33-31-29-27-25-14-12-10-8-6-4-2/h10,12,15-16,18-19,41-42,45-46H,3-9,11,13-14,17,20-40H2,1-2H3,(H,49,50)/b12-10-,16-15-,19-18-. The number of aliphatic hydroxyl groups is 2. The van der Waals surface area contributed by atoms with E-state index in [0.717, 1.165) is 70.6 Å². The molecule has 10 nitrogen and oxygen atoms in total. The number of hydrogen-bond acceptors (Lipinski definition) is 9. The average Bonchev–Trinajstić information content (AvgIpc) is 3.17. The molecule has 0 aromatic carbocycles. The maximum absolute atomic E-state index is 12.3. The molecular formula is C44H81O10P. The van der Waals surface area contributed by atoms with Crippen LogP contribution in [0.2, 0.25) is 0 Å². The van der Waals surface area contributed by atoms with Gasteiger partial charge in [0.25, 0.3) is 0 Å². The highest BCUT2D eigenvalue weighted by atomic mass is 31.2. The lowest BCUT2D eigenvalue weighted by molar-refractivity contribution is -0.153. The number of phosphoric acid groups is 1. The number of carbonyl (C=O) groups is 2. The SMILES string of the molecule is CCCC/C=C\CCCCCCCC(=O)OC(CO)COP(=O)(O)OCC(CO)OC(=O)CCCCCCCCCCC/C=C\C/C=C\CCCCCCC. The summed E-state index contributed by atoms with van der Waals surface area (Å²) in [6.07, 6.45) is 41.2. The molecule has 3 N–H and O–H groups in total. The second kappa shape index (κ2) is 40.4. The minimum atomic E-state index is -4.64. The molecule has 3 unspecified atom stereocenters.